The van der Waals surface area contributed by atoms with Crippen LogP contribution in [0.15, 0.2) is 30.5 Å². The average Bonchev–Trinajstić information content (AvgIpc) is 2.52. The molecule has 0 fully saturated rings. The van der Waals surface area contributed by atoms with Crippen LogP contribution in [-0.4, -0.2) is 22.1 Å². The minimum absolute atomic E-state index is 0.210. The van der Waals surface area contributed by atoms with Crippen molar-refractivity contribution in [2.45, 2.75) is 52.5 Å². The van der Waals surface area contributed by atoms with Crippen LogP contribution in [-0.2, 0) is 0 Å². The Bertz CT molecular complexity index is 714. The molecule has 2 rings (SSSR count). The van der Waals surface area contributed by atoms with Crippen molar-refractivity contribution in [3.05, 3.63) is 42.1 Å². The van der Waals surface area contributed by atoms with Gasteiger partial charge in [-0.3, -0.25) is 0 Å². The minimum Gasteiger partial charge on any atom is -0.489 e. The van der Waals surface area contributed by atoms with Crippen LogP contribution < -0.4 is 10.5 Å². The summed E-state index contributed by atoms with van der Waals surface area (Å²) in [6.45, 7) is 10.5. The van der Waals surface area contributed by atoms with Gasteiger partial charge in [0.15, 0.2) is 11.6 Å². The van der Waals surface area contributed by atoms with E-state index in [-0.39, 0.29) is 18.3 Å². The zero-order chi connectivity index (χ0) is 18.6. The molecule has 0 bridgehead atoms. The first kappa shape index (κ1) is 19.3. The normalized spacial score (nSPS) is 14.0. The van der Waals surface area contributed by atoms with E-state index in [4.69, 9.17) is 10.5 Å². The molecule has 0 aliphatic heterocycles. The Labute approximate surface area is 149 Å². The van der Waals surface area contributed by atoms with Gasteiger partial charge in [0.1, 0.15) is 12.4 Å². The highest BCUT2D eigenvalue weighted by molar-refractivity contribution is 5.60. The van der Waals surface area contributed by atoms with Gasteiger partial charge in [0.05, 0.1) is 5.69 Å². The summed E-state index contributed by atoms with van der Waals surface area (Å²) < 4.78 is 20.0. The van der Waals surface area contributed by atoms with E-state index in [9.17, 15) is 4.39 Å². The fraction of sp³-hybridized carbons (Fsp3) is 0.500. The molecule has 1 heterocycles. The van der Waals surface area contributed by atoms with Gasteiger partial charge in [-0.05, 0) is 43.5 Å². The van der Waals surface area contributed by atoms with Gasteiger partial charge in [-0.2, -0.15) is 0 Å². The van der Waals surface area contributed by atoms with Crippen LogP contribution >= 0.6 is 0 Å². The minimum atomic E-state index is -0.488. The Morgan fingerprint density at radius 1 is 1.20 bits per heavy atom. The van der Waals surface area contributed by atoms with Crippen molar-refractivity contribution in [3.63, 3.8) is 0 Å². The van der Waals surface area contributed by atoms with Gasteiger partial charge in [0.2, 0.25) is 0 Å². The Kier molecular flexibility index (Phi) is 6.11. The number of nitrogens with zero attached hydrogens (tertiary/aromatic N) is 2. The molecule has 1 atom stereocenters. The van der Waals surface area contributed by atoms with Crippen molar-refractivity contribution >= 4 is 0 Å². The second kappa shape index (κ2) is 7.91. The molecule has 4 nitrogen and oxygen atoms in total. The highest BCUT2D eigenvalue weighted by Crippen LogP contribution is 2.26. The monoisotopic (exact) mass is 345 g/mol. The zero-order valence-corrected chi connectivity index (χ0v) is 15.7. The largest absolute Gasteiger partial charge is 0.489 e. The van der Waals surface area contributed by atoms with Crippen LogP contribution in [0.4, 0.5) is 4.39 Å². The molecule has 0 unspecified atom stereocenters. The SMILES string of the molecule is CC(C)C[C@](C)(N)COc1ccc(-c2ccnc(C(C)C)n2)cc1F. The molecule has 0 spiro atoms. The van der Waals surface area contributed by atoms with Crippen LogP contribution in [0.5, 0.6) is 5.75 Å². The lowest BCUT2D eigenvalue weighted by molar-refractivity contribution is 0.200. The predicted octanol–water partition coefficient (Wildman–Crippen LogP) is 4.55. The van der Waals surface area contributed by atoms with Crippen molar-refractivity contribution in [2.75, 3.05) is 6.61 Å². The Morgan fingerprint density at radius 3 is 2.52 bits per heavy atom. The van der Waals surface area contributed by atoms with E-state index in [1.807, 2.05) is 20.8 Å². The number of aromatic nitrogens is 2. The lowest BCUT2D eigenvalue weighted by atomic mass is 9.93. The number of nitrogens with two attached hydrogens (primary N) is 1. The number of ether oxygens (including phenoxy) is 1. The summed E-state index contributed by atoms with van der Waals surface area (Å²) in [6, 6.07) is 6.66. The molecule has 5 heteroatoms. The third-order valence-electron chi connectivity index (χ3n) is 3.85. The van der Waals surface area contributed by atoms with Gasteiger partial charge >= 0.3 is 0 Å². The average molecular weight is 345 g/mol. The molecule has 0 saturated heterocycles. The predicted molar refractivity (Wildman–Crippen MR) is 99.1 cm³/mol. The summed E-state index contributed by atoms with van der Waals surface area (Å²) in [5.41, 5.74) is 7.13. The molecule has 0 aliphatic rings. The third kappa shape index (κ3) is 5.49. The van der Waals surface area contributed by atoms with E-state index in [2.05, 4.69) is 23.8 Å². The summed E-state index contributed by atoms with van der Waals surface area (Å²) in [7, 11) is 0. The maximum Gasteiger partial charge on any atom is 0.165 e. The Balaban J connectivity index is 2.14. The summed E-state index contributed by atoms with van der Waals surface area (Å²) in [5, 5.41) is 0. The maximum absolute atomic E-state index is 14.4. The molecule has 2 aromatic rings. The van der Waals surface area contributed by atoms with E-state index in [0.717, 1.165) is 12.2 Å². The third-order valence-corrected chi connectivity index (χ3v) is 3.85. The highest BCUT2D eigenvalue weighted by Gasteiger charge is 2.22. The maximum atomic E-state index is 14.4. The van der Waals surface area contributed by atoms with Gasteiger partial charge in [0.25, 0.3) is 0 Å². The standard InChI is InChI=1S/C20H28FN3O/c1-13(2)11-20(5,22)12-25-18-7-6-15(10-16(18)21)17-8-9-23-19(24-17)14(3)4/h6-10,13-14H,11-12,22H2,1-5H3/t20-/m0/s1. The van der Waals surface area contributed by atoms with Crippen LogP contribution in [0.3, 0.4) is 0 Å². The van der Waals surface area contributed by atoms with E-state index in [1.165, 1.54) is 6.07 Å². The molecule has 0 radical (unpaired) electrons. The molecule has 2 N–H and O–H groups in total. The van der Waals surface area contributed by atoms with Crippen LogP contribution in [0.1, 0.15) is 52.8 Å². The second-order valence-electron chi connectivity index (χ2n) is 7.64. The second-order valence-corrected chi connectivity index (χ2v) is 7.64. The van der Waals surface area contributed by atoms with E-state index < -0.39 is 11.4 Å². The van der Waals surface area contributed by atoms with Gasteiger partial charge in [0, 0.05) is 23.2 Å². The number of rotatable bonds is 7. The molecule has 1 aromatic heterocycles. The molecule has 0 aliphatic carbocycles. The van der Waals surface area contributed by atoms with E-state index in [0.29, 0.717) is 17.2 Å². The van der Waals surface area contributed by atoms with Crippen molar-refractivity contribution in [3.8, 4) is 17.0 Å². The van der Waals surface area contributed by atoms with E-state index >= 15 is 0 Å². The molecule has 25 heavy (non-hydrogen) atoms. The topological polar surface area (TPSA) is 61.0 Å². The molecular weight excluding hydrogens is 317 g/mol. The molecular formula is C20H28FN3O. The van der Waals surface area contributed by atoms with Crippen LogP contribution in [0.25, 0.3) is 11.3 Å². The first-order valence-electron chi connectivity index (χ1n) is 8.72. The Hall–Kier alpha value is -2.01. The van der Waals surface area contributed by atoms with Gasteiger partial charge in [-0.1, -0.05) is 27.7 Å². The number of hydrogen-bond donors (Lipinski definition) is 1. The van der Waals surface area contributed by atoms with Gasteiger partial charge in [-0.15, -0.1) is 0 Å². The van der Waals surface area contributed by atoms with E-state index in [1.54, 1.807) is 24.4 Å². The van der Waals surface area contributed by atoms with Crippen molar-refractivity contribution in [2.24, 2.45) is 11.7 Å². The number of benzene rings is 1. The van der Waals surface area contributed by atoms with Gasteiger partial charge in [-0.25, -0.2) is 14.4 Å². The van der Waals surface area contributed by atoms with Gasteiger partial charge < -0.3 is 10.5 Å². The van der Waals surface area contributed by atoms with Crippen molar-refractivity contribution in [1.29, 1.82) is 0 Å². The number of halogens is 1. The number of hydrogen-bond acceptors (Lipinski definition) is 4. The summed E-state index contributed by atoms with van der Waals surface area (Å²) >= 11 is 0. The lowest BCUT2D eigenvalue weighted by Gasteiger charge is -2.26. The smallest absolute Gasteiger partial charge is 0.165 e. The molecule has 1 aromatic carbocycles. The summed E-state index contributed by atoms with van der Waals surface area (Å²) in [6.07, 6.45) is 2.51. The highest BCUT2D eigenvalue weighted by atomic mass is 19.1. The first-order chi connectivity index (χ1) is 11.7. The first-order valence-corrected chi connectivity index (χ1v) is 8.72. The summed E-state index contributed by atoms with van der Waals surface area (Å²) in [4.78, 5) is 8.73. The quantitative estimate of drug-likeness (QED) is 0.800. The Morgan fingerprint density at radius 2 is 1.92 bits per heavy atom. The van der Waals surface area contributed by atoms with Crippen LogP contribution in [0, 0.1) is 11.7 Å². The van der Waals surface area contributed by atoms with Crippen molar-refractivity contribution < 1.29 is 9.13 Å². The fourth-order valence-corrected chi connectivity index (χ4v) is 2.82. The molecule has 0 amide bonds. The summed E-state index contributed by atoms with van der Waals surface area (Å²) in [5.74, 6) is 1.21. The lowest BCUT2D eigenvalue weighted by Crippen LogP contribution is -2.43. The van der Waals surface area contributed by atoms with Crippen LogP contribution in [0.2, 0.25) is 0 Å². The molecule has 0 saturated carbocycles. The fourth-order valence-electron chi connectivity index (χ4n) is 2.82. The molecule has 136 valence electrons. The van der Waals surface area contributed by atoms with Crippen molar-refractivity contribution in [1.82, 2.24) is 9.97 Å². The zero-order valence-electron chi connectivity index (χ0n) is 15.7.